The van der Waals surface area contributed by atoms with Crippen LogP contribution in [0.4, 0.5) is 0 Å². The molecule has 1 aromatic carbocycles. The molecular formula is C15H22N2O3S. The Morgan fingerprint density at radius 1 is 1.33 bits per heavy atom. The molecule has 1 aromatic rings. The summed E-state index contributed by atoms with van der Waals surface area (Å²) in [6, 6.07) is 7.14. The molecule has 0 amide bonds. The topological polar surface area (TPSA) is 72.6 Å². The van der Waals surface area contributed by atoms with Crippen molar-refractivity contribution in [1.82, 2.24) is 4.31 Å². The van der Waals surface area contributed by atoms with E-state index in [0.29, 0.717) is 36.4 Å². The predicted octanol–water partition coefficient (Wildman–Crippen LogP) is 1.19. The van der Waals surface area contributed by atoms with Gasteiger partial charge in [0.05, 0.1) is 11.5 Å². The zero-order valence-electron chi connectivity index (χ0n) is 12.2. The zero-order chi connectivity index (χ0) is 15.0. The molecule has 3 atom stereocenters. The second kappa shape index (κ2) is 5.68. The van der Waals surface area contributed by atoms with Crippen LogP contribution in [0.1, 0.15) is 18.4 Å². The van der Waals surface area contributed by atoms with Gasteiger partial charge in [0, 0.05) is 26.2 Å². The molecule has 1 heterocycles. The Morgan fingerprint density at radius 3 is 2.86 bits per heavy atom. The van der Waals surface area contributed by atoms with Crippen LogP contribution in [0, 0.1) is 11.8 Å². The molecule has 3 unspecified atom stereocenters. The molecule has 116 valence electrons. The van der Waals surface area contributed by atoms with E-state index in [1.807, 2.05) is 6.07 Å². The van der Waals surface area contributed by atoms with Crippen molar-refractivity contribution >= 4 is 10.0 Å². The van der Waals surface area contributed by atoms with E-state index in [1.54, 1.807) is 29.6 Å². The van der Waals surface area contributed by atoms with Gasteiger partial charge >= 0.3 is 0 Å². The van der Waals surface area contributed by atoms with Crippen LogP contribution in [0.15, 0.2) is 29.2 Å². The predicted molar refractivity (Wildman–Crippen MR) is 80.1 cm³/mol. The molecule has 5 nitrogen and oxygen atoms in total. The average molecular weight is 310 g/mol. The number of benzene rings is 1. The SMILES string of the molecule is COCc1cccc(S(=O)(=O)N2CC3CCC(N)C3C2)c1. The molecule has 21 heavy (non-hydrogen) atoms. The Bertz CT molecular complexity index is 617. The van der Waals surface area contributed by atoms with Crippen molar-refractivity contribution in [1.29, 1.82) is 0 Å². The van der Waals surface area contributed by atoms with Crippen molar-refractivity contribution in [2.24, 2.45) is 17.6 Å². The highest BCUT2D eigenvalue weighted by Gasteiger charge is 2.45. The molecule has 0 bridgehead atoms. The van der Waals surface area contributed by atoms with E-state index in [2.05, 4.69) is 0 Å². The molecule has 1 saturated heterocycles. The van der Waals surface area contributed by atoms with Crippen LogP contribution in [-0.4, -0.2) is 39.0 Å². The highest BCUT2D eigenvalue weighted by atomic mass is 32.2. The summed E-state index contributed by atoms with van der Waals surface area (Å²) in [6.07, 6.45) is 2.06. The van der Waals surface area contributed by atoms with Crippen LogP contribution >= 0.6 is 0 Å². The van der Waals surface area contributed by atoms with Crippen molar-refractivity contribution in [3.63, 3.8) is 0 Å². The van der Waals surface area contributed by atoms with Gasteiger partial charge in [0.1, 0.15) is 0 Å². The third kappa shape index (κ3) is 2.73. The zero-order valence-corrected chi connectivity index (χ0v) is 13.1. The fraction of sp³-hybridized carbons (Fsp3) is 0.600. The summed E-state index contributed by atoms with van der Waals surface area (Å²) in [6.45, 7) is 1.58. The molecule has 2 aliphatic rings. The third-order valence-electron chi connectivity index (χ3n) is 4.73. The normalized spacial score (nSPS) is 29.7. The second-order valence-corrected chi connectivity index (χ2v) is 8.01. The summed E-state index contributed by atoms with van der Waals surface area (Å²) in [7, 11) is -1.82. The van der Waals surface area contributed by atoms with Crippen LogP contribution < -0.4 is 5.73 Å². The average Bonchev–Trinajstić information content (AvgIpc) is 3.03. The van der Waals surface area contributed by atoms with Crippen LogP contribution in [0.3, 0.4) is 0 Å². The Hall–Kier alpha value is -0.950. The molecular weight excluding hydrogens is 288 g/mol. The highest BCUT2D eigenvalue weighted by Crippen LogP contribution is 2.39. The van der Waals surface area contributed by atoms with Crippen molar-refractivity contribution in [3.05, 3.63) is 29.8 Å². The number of hydrogen-bond acceptors (Lipinski definition) is 4. The quantitative estimate of drug-likeness (QED) is 0.907. The molecule has 3 rings (SSSR count). The van der Waals surface area contributed by atoms with Gasteiger partial charge in [-0.15, -0.1) is 0 Å². The van der Waals surface area contributed by atoms with E-state index in [4.69, 9.17) is 10.5 Å². The summed E-state index contributed by atoms with van der Waals surface area (Å²) in [5.74, 6) is 0.749. The van der Waals surface area contributed by atoms with Gasteiger partial charge in [-0.25, -0.2) is 8.42 Å². The second-order valence-electron chi connectivity index (χ2n) is 6.07. The lowest BCUT2D eigenvalue weighted by atomic mass is 9.98. The first-order valence-corrected chi connectivity index (χ1v) is 8.80. The Balaban J connectivity index is 1.83. The number of methoxy groups -OCH3 is 1. The summed E-state index contributed by atoms with van der Waals surface area (Å²) < 4.78 is 32.2. The lowest BCUT2D eigenvalue weighted by Gasteiger charge is -2.19. The molecule has 2 fully saturated rings. The number of fused-ring (bicyclic) bond motifs is 1. The molecule has 0 aromatic heterocycles. The van der Waals surface area contributed by atoms with Gasteiger partial charge in [-0.1, -0.05) is 12.1 Å². The molecule has 2 N–H and O–H groups in total. The van der Waals surface area contributed by atoms with E-state index in [1.165, 1.54) is 0 Å². The fourth-order valence-corrected chi connectivity index (χ4v) is 5.18. The van der Waals surface area contributed by atoms with Crippen molar-refractivity contribution in [3.8, 4) is 0 Å². The molecule has 0 radical (unpaired) electrons. The largest absolute Gasteiger partial charge is 0.380 e. The van der Waals surface area contributed by atoms with E-state index >= 15 is 0 Å². The lowest BCUT2D eigenvalue weighted by Crippen LogP contribution is -2.33. The smallest absolute Gasteiger partial charge is 0.243 e. The van der Waals surface area contributed by atoms with Crippen LogP contribution in [0.5, 0.6) is 0 Å². The first-order chi connectivity index (χ1) is 10.0. The van der Waals surface area contributed by atoms with Crippen molar-refractivity contribution < 1.29 is 13.2 Å². The Morgan fingerprint density at radius 2 is 2.14 bits per heavy atom. The van der Waals surface area contributed by atoms with Gasteiger partial charge in [-0.2, -0.15) is 4.31 Å². The van der Waals surface area contributed by atoms with Crippen LogP contribution in [0.25, 0.3) is 0 Å². The van der Waals surface area contributed by atoms with E-state index < -0.39 is 10.0 Å². The number of rotatable bonds is 4. The third-order valence-corrected chi connectivity index (χ3v) is 6.55. The molecule has 1 aliphatic carbocycles. The summed E-state index contributed by atoms with van der Waals surface area (Å²) >= 11 is 0. The minimum Gasteiger partial charge on any atom is -0.380 e. The first kappa shape index (κ1) is 15.0. The molecule has 0 spiro atoms. The fourth-order valence-electron chi connectivity index (χ4n) is 3.57. The first-order valence-electron chi connectivity index (χ1n) is 7.36. The van der Waals surface area contributed by atoms with Gasteiger partial charge < -0.3 is 10.5 Å². The highest BCUT2D eigenvalue weighted by molar-refractivity contribution is 7.89. The minimum atomic E-state index is -3.42. The number of ether oxygens (including phenoxy) is 1. The van der Waals surface area contributed by atoms with Crippen molar-refractivity contribution in [2.45, 2.75) is 30.4 Å². The van der Waals surface area contributed by atoms with Gasteiger partial charge in [-0.05, 0) is 42.4 Å². The number of nitrogens with zero attached hydrogens (tertiary/aromatic N) is 1. The van der Waals surface area contributed by atoms with E-state index in [0.717, 1.165) is 18.4 Å². The monoisotopic (exact) mass is 310 g/mol. The van der Waals surface area contributed by atoms with E-state index in [-0.39, 0.29) is 6.04 Å². The van der Waals surface area contributed by atoms with Crippen LogP contribution in [-0.2, 0) is 21.4 Å². The van der Waals surface area contributed by atoms with Gasteiger partial charge in [0.25, 0.3) is 0 Å². The Labute approximate surface area is 126 Å². The number of nitrogens with two attached hydrogens (primary N) is 1. The van der Waals surface area contributed by atoms with Crippen molar-refractivity contribution in [2.75, 3.05) is 20.2 Å². The maximum absolute atomic E-state index is 12.8. The van der Waals surface area contributed by atoms with Crippen LogP contribution in [0.2, 0.25) is 0 Å². The van der Waals surface area contributed by atoms with Gasteiger partial charge in [0.2, 0.25) is 10.0 Å². The molecule has 6 heteroatoms. The molecule has 1 aliphatic heterocycles. The van der Waals surface area contributed by atoms with Gasteiger partial charge in [-0.3, -0.25) is 0 Å². The summed E-state index contributed by atoms with van der Waals surface area (Å²) in [5, 5.41) is 0. The Kier molecular flexibility index (Phi) is 4.05. The standard InChI is InChI=1S/C15H22N2O3S/c1-20-10-11-3-2-4-13(7-11)21(18,19)17-8-12-5-6-15(16)14(12)9-17/h2-4,7,12,14-15H,5-6,8-10,16H2,1H3. The number of sulfonamides is 1. The van der Waals surface area contributed by atoms with E-state index in [9.17, 15) is 8.42 Å². The lowest BCUT2D eigenvalue weighted by molar-refractivity contribution is 0.184. The maximum Gasteiger partial charge on any atom is 0.243 e. The molecule has 1 saturated carbocycles. The number of hydrogen-bond donors (Lipinski definition) is 1. The maximum atomic E-state index is 12.8. The summed E-state index contributed by atoms with van der Waals surface area (Å²) in [4.78, 5) is 0.352. The van der Waals surface area contributed by atoms with Gasteiger partial charge in [0.15, 0.2) is 0 Å². The summed E-state index contributed by atoms with van der Waals surface area (Å²) in [5.41, 5.74) is 6.96. The minimum absolute atomic E-state index is 0.148.